The predicted molar refractivity (Wildman–Crippen MR) is 100 cm³/mol. The number of halogens is 1. The van der Waals surface area contributed by atoms with Crippen molar-refractivity contribution in [2.75, 3.05) is 6.61 Å². The second-order valence-corrected chi connectivity index (χ2v) is 8.10. The number of aromatic nitrogens is 2. The first-order valence-electron chi connectivity index (χ1n) is 9.86. The Kier molecular flexibility index (Phi) is 3.96. The largest absolute Gasteiger partial charge is 0.396 e. The molecule has 2 unspecified atom stereocenters. The molecule has 4 heteroatoms. The van der Waals surface area contributed by atoms with E-state index in [4.69, 9.17) is 0 Å². The van der Waals surface area contributed by atoms with Crippen LogP contribution in [0.3, 0.4) is 0 Å². The quantitative estimate of drug-likeness (QED) is 0.844. The number of allylic oxidation sites excluding steroid dienone is 4. The van der Waals surface area contributed by atoms with E-state index in [1.165, 1.54) is 12.8 Å². The van der Waals surface area contributed by atoms with Crippen LogP contribution in [0.15, 0.2) is 36.3 Å². The van der Waals surface area contributed by atoms with Gasteiger partial charge in [0.05, 0.1) is 24.6 Å². The molecule has 2 aromatic heterocycles. The summed E-state index contributed by atoms with van der Waals surface area (Å²) < 4.78 is 16.8. The zero-order valence-corrected chi connectivity index (χ0v) is 14.9. The molecule has 136 valence electrons. The number of fused-ring (bicyclic) bond motifs is 3. The van der Waals surface area contributed by atoms with E-state index in [2.05, 4.69) is 11.1 Å². The predicted octanol–water partition coefficient (Wildman–Crippen LogP) is 4.02. The molecule has 0 bridgehead atoms. The molecule has 3 nitrogen and oxygen atoms in total. The summed E-state index contributed by atoms with van der Waals surface area (Å²) in [5, 5.41) is 11.2. The van der Waals surface area contributed by atoms with Crippen LogP contribution in [-0.4, -0.2) is 21.1 Å². The van der Waals surface area contributed by atoms with Crippen LogP contribution in [-0.2, 0) is 0 Å². The second kappa shape index (κ2) is 6.34. The molecule has 0 radical (unpaired) electrons. The van der Waals surface area contributed by atoms with E-state index in [9.17, 15) is 9.50 Å². The van der Waals surface area contributed by atoms with Crippen molar-refractivity contribution in [3.63, 3.8) is 0 Å². The van der Waals surface area contributed by atoms with Gasteiger partial charge in [-0.2, -0.15) is 0 Å². The highest BCUT2D eigenvalue weighted by Gasteiger charge is 2.33. The van der Waals surface area contributed by atoms with E-state index >= 15 is 0 Å². The molecular weight excluding hydrogens is 327 g/mol. The van der Waals surface area contributed by atoms with Crippen molar-refractivity contribution in [3.05, 3.63) is 52.8 Å². The topological polar surface area (TPSA) is 37.5 Å². The number of hydrogen-bond donors (Lipinski definition) is 1. The zero-order valence-electron chi connectivity index (χ0n) is 14.9. The first-order chi connectivity index (χ1) is 12.8. The third kappa shape index (κ3) is 2.62. The third-order valence-corrected chi connectivity index (χ3v) is 6.44. The molecule has 2 aromatic rings. The highest BCUT2D eigenvalue weighted by atomic mass is 19.1. The zero-order chi connectivity index (χ0) is 17.7. The Morgan fingerprint density at radius 2 is 2.08 bits per heavy atom. The third-order valence-electron chi connectivity index (χ3n) is 6.44. The monoisotopic (exact) mass is 352 g/mol. The summed E-state index contributed by atoms with van der Waals surface area (Å²) in [6, 6.07) is 0. The van der Waals surface area contributed by atoms with Gasteiger partial charge in [-0.15, -0.1) is 0 Å². The number of aliphatic hydroxyl groups is 1. The van der Waals surface area contributed by atoms with Crippen LogP contribution in [0.1, 0.15) is 61.9 Å². The molecule has 0 saturated heterocycles. The average molecular weight is 352 g/mol. The first kappa shape index (κ1) is 16.2. The summed E-state index contributed by atoms with van der Waals surface area (Å²) in [5.41, 5.74) is 4.22. The minimum Gasteiger partial charge on any atom is -0.396 e. The smallest absolute Gasteiger partial charge is 0.146 e. The summed E-state index contributed by atoms with van der Waals surface area (Å²) in [6.07, 6.45) is 17.4. The number of aliphatic hydroxyl groups excluding tert-OH is 1. The standard InChI is InChI=1S/C22H25FN2O/c23-19-3-1-2-17-20-11-24-13-25(20)22(21(17)19)18(12-26)16-8-6-15(7-9-16)10-14-4-5-14/h1-3,10-11,13-14,16,18-19,26H,4-9,12H2. The lowest BCUT2D eigenvalue weighted by Crippen LogP contribution is -2.24. The Hall–Kier alpha value is -1.94. The lowest BCUT2D eigenvalue weighted by atomic mass is 9.75. The molecule has 2 heterocycles. The minimum atomic E-state index is -1.10. The molecule has 3 aliphatic carbocycles. The second-order valence-electron chi connectivity index (χ2n) is 8.10. The van der Waals surface area contributed by atoms with Gasteiger partial charge < -0.3 is 9.51 Å². The van der Waals surface area contributed by atoms with Crippen LogP contribution in [0.4, 0.5) is 4.39 Å². The number of imidazole rings is 1. The Labute approximate surface area is 152 Å². The van der Waals surface area contributed by atoms with E-state index in [0.717, 1.165) is 53.6 Å². The van der Waals surface area contributed by atoms with Crippen molar-refractivity contribution in [2.24, 2.45) is 11.8 Å². The van der Waals surface area contributed by atoms with Crippen molar-refractivity contribution in [2.45, 2.75) is 50.6 Å². The SMILES string of the molecule is OCC(c1c2c(c3cncn13)=CC=CC2F)C1CCC(=CC2CC2)CC1. The van der Waals surface area contributed by atoms with E-state index in [1.807, 2.05) is 10.5 Å². The molecule has 0 spiro atoms. The maximum absolute atomic E-state index is 14.8. The lowest BCUT2D eigenvalue weighted by molar-refractivity contribution is 0.200. The average Bonchev–Trinajstić information content (AvgIpc) is 3.23. The molecule has 0 aromatic carbocycles. The molecule has 3 aliphatic rings. The van der Waals surface area contributed by atoms with Crippen molar-refractivity contribution in [3.8, 4) is 0 Å². The lowest BCUT2D eigenvalue weighted by Gasteiger charge is -2.31. The number of nitrogens with zero attached hydrogens (tertiary/aromatic N) is 2. The van der Waals surface area contributed by atoms with Crippen LogP contribution in [0, 0.1) is 11.8 Å². The Balaban J connectivity index is 1.50. The fourth-order valence-corrected chi connectivity index (χ4v) is 4.92. The summed E-state index contributed by atoms with van der Waals surface area (Å²) in [7, 11) is 0. The molecule has 5 rings (SSSR count). The van der Waals surface area contributed by atoms with Crippen LogP contribution in [0.5, 0.6) is 0 Å². The summed E-state index contributed by atoms with van der Waals surface area (Å²) in [4.78, 5) is 4.27. The van der Waals surface area contributed by atoms with E-state index in [-0.39, 0.29) is 12.5 Å². The van der Waals surface area contributed by atoms with Gasteiger partial charge in [0.25, 0.3) is 0 Å². The summed E-state index contributed by atoms with van der Waals surface area (Å²) in [5.74, 6) is 1.19. The Bertz CT molecular complexity index is 927. The molecule has 2 fully saturated rings. The van der Waals surface area contributed by atoms with Gasteiger partial charge in [-0.3, -0.25) is 0 Å². The van der Waals surface area contributed by atoms with Crippen molar-refractivity contribution in [1.29, 1.82) is 0 Å². The fourth-order valence-electron chi connectivity index (χ4n) is 4.92. The van der Waals surface area contributed by atoms with Gasteiger partial charge in [0, 0.05) is 22.4 Å². The first-order valence-corrected chi connectivity index (χ1v) is 9.86. The summed E-state index contributed by atoms with van der Waals surface area (Å²) >= 11 is 0. The molecule has 1 N–H and O–H groups in total. The molecule has 2 saturated carbocycles. The van der Waals surface area contributed by atoms with Gasteiger partial charge in [0.15, 0.2) is 0 Å². The van der Waals surface area contributed by atoms with Gasteiger partial charge in [0.2, 0.25) is 0 Å². The number of hydrogen-bond acceptors (Lipinski definition) is 2. The van der Waals surface area contributed by atoms with Gasteiger partial charge in [-0.05, 0) is 56.4 Å². The van der Waals surface area contributed by atoms with Crippen LogP contribution in [0.2, 0.25) is 0 Å². The van der Waals surface area contributed by atoms with Crippen LogP contribution < -0.4 is 5.22 Å². The normalized spacial score (nSPS) is 26.6. The summed E-state index contributed by atoms with van der Waals surface area (Å²) in [6.45, 7) is 0.0620. The van der Waals surface area contributed by atoms with Gasteiger partial charge in [-0.1, -0.05) is 23.8 Å². The highest BCUT2D eigenvalue weighted by Crippen LogP contribution is 2.42. The van der Waals surface area contributed by atoms with Gasteiger partial charge in [-0.25, -0.2) is 9.37 Å². The van der Waals surface area contributed by atoms with Crippen molar-refractivity contribution in [1.82, 2.24) is 9.38 Å². The van der Waals surface area contributed by atoms with Gasteiger partial charge >= 0.3 is 0 Å². The molecule has 0 aliphatic heterocycles. The number of alkyl halides is 1. The highest BCUT2D eigenvalue weighted by molar-refractivity contribution is 5.64. The Morgan fingerprint density at radius 1 is 1.27 bits per heavy atom. The van der Waals surface area contributed by atoms with Crippen molar-refractivity contribution >= 4 is 11.6 Å². The van der Waals surface area contributed by atoms with Crippen molar-refractivity contribution < 1.29 is 9.50 Å². The molecule has 26 heavy (non-hydrogen) atoms. The van der Waals surface area contributed by atoms with E-state index in [1.54, 1.807) is 30.2 Å². The van der Waals surface area contributed by atoms with Crippen LogP contribution in [0.25, 0.3) is 11.6 Å². The van der Waals surface area contributed by atoms with Gasteiger partial charge in [0.1, 0.15) is 6.17 Å². The maximum Gasteiger partial charge on any atom is 0.146 e. The fraction of sp³-hybridized carbons (Fsp3) is 0.500. The minimum absolute atomic E-state index is 0.0314. The van der Waals surface area contributed by atoms with Crippen LogP contribution >= 0.6 is 0 Å². The molecular formula is C22H25FN2O. The maximum atomic E-state index is 14.8. The number of rotatable bonds is 4. The van der Waals surface area contributed by atoms with E-state index < -0.39 is 6.17 Å². The molecule has 2 atom stereocenters. The van der Waals surface area contributed by atoms with E-state index in [0.29, 0.717) is 5.92 Å². The Morgan fingerprint density at radius 3 is 2.81 bits per heavy atom. The molecule has 0 amide bonds.